The molecule has 0 saturated heterocycles. The van der Waals surface area contributed by atoms with Crippen LogP contribution < -0.4 is 0 Å². The fourth-order valence-electron chi connectivity index (χ4n) is 6.54. The van der Waals surface area contributed by atoms with E-state index in [4.69, 9.17) is 0 Å². The minimum Gasteiger partial charge on any atom is -0.299 e. The Bertz CT molecular complexity index is 388. The Balaban J connectivity index is 1.87. The quantitative estimate of drug-likeness (QED) is 0.604. The summed E-state index contributed by atoms with van der Waals surface area (Å²) in [6.07, 6.45) is 1.39. The molecule has 0 aromatic heterocycles. The molecule has 5 aliphatic rings. The van der Waals surface area contributed by atoms with Gasteiger partial charge in [0.15, 0.2) is 0 Å². The second kappa shape index (κ2) is 1.66. The minimum absolute atomic E-state index is 0.327. The monoisotopic (exact) mass is 252 g/mol. The molecule has 0 spiro atoms. The maximum Gasteiger partial charge on any atom is 0.140 e. The van der Waals surface area contributed by atoms with Gasteiger partial charge in [0.25, 0.3) is 0 Å². The molecule has 0 aromatic carbocycles. The van der Waals surface area contributed by atoms with Crippen molar-refractivity contribution >= 4 is 21.7 Å². The summed E-state index contributed by atoms with van der Waals surface area (Å²) in [4.78, 5) is 12.2. The molecule has 0 radical (unpaired) electrons. The molecule has 9 atom stereocenters. The summed E-state index contributed by atoms with van der Waals surface area (Å²) >= 11 is 3.97. The first kappa shape index (κ1) is 7.43. The summed E-state index contributed by atoms with van der Waals surface area (Å²) in [5.41, 5.74) is 0. The van der Waals surface area contributed by atoms with E-state index in [1.165, 1.54) is 6.42 Å². The van der Waals surface area contributed by atoms with Crippen molar-refractivity contribution in [1.82, 2.24) is 0 Å². The Morgan fingerprint density at radius 1 is 1.21 bits per heavy atom. The van der Waals surface area contributed by atoms with E-state index in [1.807, 2.05) is 0 Å². The zero-order chi connectivity index (χ0) is 9.40. The molecule has 5 fully saturated rings. The van der Waals surface area contributed by atoms with Crippen molar-refractivity contribution in [1.29, 1.82) is 0 Å². The van der Waals surface area contributed by atoms with Crippen LogP contribution in [0.2, 0.25) is 0 Å². The van der Waals surface area contributed by atoms with Gasteiger partial charge >= 0.3 is 0 Å². The van der Waals surface area contributed by atoms with Gasteiger partial charge in [-0.3, -0.25) is 4.79 Å². The lowest BCUT2D eigenvalue weighted by Gasteiger charge is -2.49. The smallest absolute Gasteiger partial charge is 0.140 e. The number of rotatable bonds is 0. The zero-order valence-corrected chi connectivity index (χ0v) is 9.70. The summed E-state index contributed by atoms with van der Waals surface area (Å²) in [7, 11) is 0. The molecule has 2 unspecified atom stereocenters. The average molecular weight is 253 g/mol. The topological polar surface area (TPSA) is 17.1 Å². The largest absolute Gasteiger partial charge is 0.299 e. The lowest BCUT2D eigenvalue weighted by molar-refractivity contribution is -0.134. The van der Waals surface area contributed by atoms with Crippen LogP contribution in [0.5, 0.6) is 0 Å². The van der Waals surface area contributed by atoms with Gasteiger partial charge < -0.3 is 0 Å². The zero-order valence-electron chi connectivity index (χ0n) is 8.11. The van der Waals surface area contributed by atoms with Crippen molar-refractivity contribution in [2.45, 2.75) is 17.7 Å². The Hall–Kier alpha value is 0.150. The SMILES string of the molecule is C[C@@]1(Br)[C@@H]2C3C4C[C@@H]5[C@@H](C(=O)[C@H]2[C@H]35)[C@H]41. The van der Waals surface area contributed by atoms with Crippen LogP contribution in [-0.4, -0.2) is 10.1 Å². The highest BCUT2D eigenvalue weighted by molar-refractivity contribution is 9.10. The predicted octanol–water partition coefficient (Wildman–Crippen LogP) is 2.10. The fourth-order valence-corrected chi connectivity index (χ4v) is 7.76. The summed E-state index contributed by atoms with van der Waals surface area (Å²) in [5, 5.41) is 0. The number of fused-ring (bicyclic) bond motifs is 2. The maximum absolute atomic E-state index is 12.2. The standard InChI is InChI=1S/C12H13BrO/c1-12(13)9-4-2-3-5-6(4)10(12)8(5)11(14)7(3)9/h3-10H,2H2,1H3/t3-,4?,5-,6?,7+,8-,9-,10+,12-/m0/s1. The van der Waals surface area contributed by atoms with E-state index in [0.717, 1.165) is 29.6 Å². The highest BCUT2D eigenvalue weighted by Crippen LogP contribution is 2.85. The Morgan fingerprint density at radius 2 is 2.00 bits per heavy atom. The van der Waals surface area contributed by atoms with Crippen LogP contribution >= 0.6 is 15.9 Å². The maximum atomic E-state index is 12.2. The van der Waals surface area contributed by atoms with Gasteiger partial charge in [-0.15, -0.1) is 0 Å². The van der Waals surface area contributed by atoms with Crippen LogP contribution in [0.1, 0.15) is 13.3 Å². The van der Waals surface area contributed by atoms with Crippen molar-refractivity contribution in [2.75, 3.05) is 0 Å². The van der Waals surface area contributed by atoms with Crippen molar-refractivity contribution < 1.29 is 4.79 Å². The molecular weight excluding hydrogens is 240 g/mol. The van der Waals surface area contributed by atoms with E-state index in [2.05, 4.69) is 22.9 Å². The molecule has 0 N–H and O–H groups in total. The molecule has 0 aromatic rings. The number of halogens is 1. The second-order valence-corrected chi connectivity index (χ2v) is 8.08. The van der Waals surface area contributed by atoms with Crippen molar-refractivity contribution in [3.05, 3.63) is 0 Å². The van der Waals surface area contributed by atoms with Gasteiger partial charge in [-0.05, 0) is 48.9 Å². The number of ketones is 1. The van der Waals surface area contributed by atoms with Crippen LogP contribution in [0.4, 0.5) is 0 Å². The molecule has 0 heterocycles. The number of Topliss-reactive ketones (excluding diaryl/α,β-unsaturated/α-hetero) is 1. The first-order valence-electron chi connectivity index (χ1n) is 5.86. The number of alkyl halides is 1. The van der Waals surface area contributed by atoms with E-state index >= 15 is 0 Å². The van der Waals surface area contributed by atoms with Gasteiger partial charge in [-0.1, -0.05) is 15.9 Å². The van der Waals surface area contributed by atoms with Gasteiger partial charge in [0.1, 0.15) is 5.78 Å². The number of hydrogen-bond donors (Lipinski definition) is 0. The van der Waals surface area contributed by atoms with Gasteiger partial charge in [0.2, 0.25) is 0 Å². The Labute approximate surface area is 91.8 Å². The van der Waals surface area contributed by atoms with Crippen LogP contribution in [0, 0.1) is 47.3 Å². The lowest BCUT2D eigenvalue weighted by atomic mass is 9.57. The third-order valence-corrected chi connectivity index (χ3v) is 7.52. The molecule has 2 heteroatoms. The minimum atomic E-state index is 0.327. The average Bonchev–Trinajstić information content (AvgIpc) is 2.52. The third kappa shape index (κ3) is 0.417. The van der Waals surface area contributed by atoms with Crippen LogP contribution in [0.15, 0.2) is 0 Å². The number of carbonyl (C=O) groups excluding carboxylic acids is 1. The first-order chi connectivity index (χ1) is 6.64. The number of hydrogen-bond acceptors (Lipinski definition) is 1. The molecule has 1 nitrogen and oxygen atoms in total. The second-order valence-electron chi connectivity index (χ2n) is 6.37. The van der Waals surface area contributed by atoms with Gasteiger partial charge in [-0.25, -0.2) is 0 Å². The molecule has 5 rings (SSSR count). The molecule has 0 aliphatic heterocycles. The van der Waals surface area contributed by atoms with E-state index < -0.39 is 0 Å². The van der Waals surface area contributed by atoms with E-state index in [9.17, 15) is 4.79 Å². The lowest BCUT2D eigenvalue weighted by Crippen LogP contribution is -2.53. The highest BCUT2D eigenvalue weighted by Gasteiger charge is 2.86. The Kier molecular flexibility index (Phi) is 0.883. The summed E-state index contributed by atoms with van der Waals surface area (Å²) in [6.45, 7) is 2.37. The van der Waals surface area contributed by atoms with Crippen molar-refractivity contribution in [2.24, 2.45) is 47.3 Å². The van der Waals surface area contributed by atoms with Gasteiger partial charge in [0, 0.05) is 16.2 Å². The van der Waals surface area contributed by atoms with E-state index in [1.54, 1.807) is 0 Å². The van der Waals surface area contributed by atoms with Crippen molar-refractivity contribution in [3.63, 3.8) is 0 Å². The molecule has 14 heavy (non-hydrogen) atoms. The molecule has 74 valence electrons. The summed E-state index contributed by atoms with van der Waals surface area (Å²) in [5.74, 6) is 6.61. The summed E-state index contributed by atoms with van der Waals surface area (Å²) < 4.78 is 0.327. The van der Waals surface area contributed by atoms with Crippen molar-refractivity contribution in [3.8, 4) is 0 Å². The van der Waals surface area contributed by atoms with Crippen LogP contribution in [-0.2, 0) is 4.79 Å². The predicted molar refractivity (Wildman–Crippen MR) is 54.9 cm³/mol. The fraction of sp³-hybridized carbons (Fsp3) is 0.917. The normalized spacial score (nSPS) is 80.3. The van der Waals surface area contributed by atoms with E-state index in [-0.39, 0.29) is 0 Å². The van der Waals surface area contributed by atoms with E-state index in [0.29, 0.717) is 27.9 Å². The van der Waals surface area contributed by atoms with Crippen LogP contribution in [0.3, 0.4) is 0 Å². The van der Waals surface area contributed by atoms with Gasteiger partial charge in [-0.2, -0.15) is 0 Å². The first-order valence-corrected chi connectivity index (χ1v) is 6.66. The molecule has 0 amide bonds. The molecular formula is C12H13BrO. The molecule has 5 aliphatic carbocycles. The highest BCUT2D eigenvalue weighted by atomic mass is 79.9. The molecule has 5 saturated carbocycles. The van der Waals surface area contributed by atoms with Crippen LogP contribution in [0.25, 0.3) is 0 Å². The number of carbonyl (C=O) groups is 1. The van der Waals surface area contributed by atoms with Gasteiger partial charge in [0.05, 0.1) is 0 Å². The Morgan fingerprint density at radius 3 is 2.79 bits per heavy atom. The third-order valence-electron chi connectivity index (χ3n) is 6.46. The molecule has 2 bridgehead atoms. The summed E-state index contributed by atoms with van der Waals surface area (Å²) in [6, 6.07) is 0.